The Morgan fingerprint density at radius 2 is 2.50 bits per heavy atom. The van der Waals surface area contributed by atoms with Crippen molar-refractivity contribution in [2.45, 2.75) is 12.5 Å². The van der Waals surface area contributed by atoms with Gasteiger partial charge >= 0.3 is 0 Å². The summed E-state index contributed by atoms with van der Waals surface area (Å²) < 4.78 is 0. The number of carbonyl (C=O) groups excluding carboxylic acids is 1. The van der Waals surface area contributed by atoms with E-state index in [2.05, 4.69) is 0 Å². The number of thioether (sulfide) groups is 1. The van der Waals surface area contributed by atoms with Crippen molar-refractivity contribution in [1.29, 1.82) is 0 Å². The van der Waals surface area contributed by atoms with Crippen molar-refractivity contribution in [3.63, 3.8) is 0 Å². The molecule has 0 aromatic rings. The number of nitrogens with two attached hydrogens (primary N) is 1. The molecule has 0 aromatic heterocycles. The van der Waals surface area contributed by atoms with Gasteiger partial charge < -0.3 is 5.73 Å². The van der Waals surface area contributed by atoms with Crippen LogP contribution in [0.2, 0.25) is 0 Å². The molecule has 0 rings (SSSR count). The molecular weight excluding hydrogens is 122 g/mol. The van der Waals surface area contributed by atoms with Crippen LogP contribution < -0.4 is 5.73 Å². The first-order chi connectivity index (χ1) is 3.81. The van der Waals surface area contributed by atoms with Crippen molar-refractivity contribution in [2.24, 2.45) is 5.73 Å². The molecule has 0 aliphatic carbocycles. The summed E-state index contributed by atoms with van der Waals surface area (Å²) in [5.74, 6) is 0.941. The van der Waals surface area contributed by atoms with Gasteiger partial charge in [-0.3, -0.25) is 4.79 Å². The van der Waals surface area contributed by atoms with E-state index in [1.165, 1.54) is 0 Å². The van der Waals surface area contributed by atoms with Gasteiger partial charge in [-0.25, -0.2) is 0 Å². The molecule has 0 saturated carbocycles. The van der Waals surface area contributed by atoms with Gasteiger partial charge in [0.05, 0.1) is 6.04 Å². The number of hydrogen-bond acceptors (Lipinski definition) is 3. The van der Waals surface area contributed by atoms with Crippen molar-refractivity contribution in [1.82, 2.24) is 0 Å². The zero-order valence-corrected chi connectivity index (χ0v) is 5.70. The standard InChI is InChI=1S/C5H10NOS/c1-8-3-2-5(6)4-7/h5H,2-3,6H2,1H3/t5-/m0/s1. The van der Waals surface area contributed by atoms with Crippen LogP contribution in [0.25, 0.3) is 0 Å². The highest BCUT2D eigenvalue weighted by molar-refractivity contribution is 7.98. The molecule has 0 amide bonds. The van der Waals surface area contributed by atoms with Gasteiger partial charge in [-0.1, -0.05) is 0 Å². The molecule has 0 spiro atoms. The summed E-state index contributed by atoms with van der Waals surface area (Å²) in [7, 11) is 0. The molecule has 0 fully saturated rings. The quantitative estimate of drug-likeness (QED) is 0.593. The maximum atomic E-state index is 9.75. The van der Waals surface area contributed by atoms with Gasteiger partial charge in [0.2, 0.25) is 6.29 Å². The minimum atomic E-state index is -0.373. The zero-order valence-electron chi connectivity index (χ0n) is 4.89. The lowest BCUT2D eigenvalue weighted by Gasteiger charge is -1.97. The van der Waals surface area contributed by atoms with E-state index < -0.39 is 0 Å². The van der Waals surface area contributed by atoms with E-state index >= 15 is 0 Å². The van der Waals surface area contributed by atoms with E-state index in [1.807, 2.05) is 6.26 Å². The van der Waals surface area contributed by atoms with Crippen molar-refractivity contribution in [2.75, 3.05) is 12.0 Å². The molecule has 1 atom stereocenters. The van der Waals surface area contributed by atoms with Gasteiger partial charge in [-0.05, 0) is 18.4 Å². The van der Waals surface area contributed by atoms with E-state index in [-0.39, 0.29) is 6.04 Å². The Kier molecular flexibility index (Phi) is 5.11. The second-order valence-corrected chi connectivity index (χ2v) is 2.49. The average molecular weight is 132 g/mol. The first-order valence-electron chi connectivity index (χ1n) is 2.43. The molecule has 0 aliphatic rings. The third-order valence-electron chi connectivity index (χ3n) is 0.784. The van der Waals surface area contributed by atoms with Gasteiger partial charge in [0.15, 0.2) is 0 Å². The maximum absolute atomic E-state index is 9.75. The van der Waals surface area contributed by atoms with Crippen LogP contribution in [-0.2, 0) is 4.79 Å². The largest absolute Gasteiger partial charge is 0.321 e. The van der Waals surface area contributed by atoms with Crippen LogP contribution in [0.1, 0.15) is 6.42 Å². The van der Waals surface area contributed by atoms with Crippen LogP contribution in [-0.4, -0.2) is 24.3 Å². The number of rotatable bonds is 4. The summed E-state index contributed by atoms with van der Waals surface area (Å²) in [6.45, 7) is 0. The lowest BCUT2D eigenvalue weighted by atomic mass is 10.3. The average Bonchev–Trinajstić information content (AvgIpc) is 1.83. The maximum Gasteiger partial charge on any atom is 0.216 e. The van der Waals surface area contributed by atoms with Crippen molar-refractivity contribution in [3.05, 3.63) is 0 Å². The highest BCUT2D eigenvalue weighted by Crippen LogP contribution is 1.95. The molecule has 47 valence electrons. The van der Waals surface area contributed by atoms with Crippen molar-refractivity contribution in [3.8, 4) is 0 Å². The van der Waals surface area contributed by atoms with Gasteiger partial charge in [0, 0.05) is 0 Å². The fourth-order valence-electron chi connectivity index (χ4n) is 0.304. The van der Waals surface area contributed by atoms with Crippen molar-refractivity contribution < 1.29 is 4.79 Å². The first kappa shape index (κ1) is 7.98. The summed E-state index contributed by atoms with van der Waals surface area (Å²) in [5.41, 5.74) is 5.22. The van der Waals surface area contributed by atoms with Crippen LogP contribution in [0.4, 0.5) is 0 Å². The van der Waals surface area contributed by atoms with Crippen LogP contribution in [0.5, 0.6) is 0 Å². The van der Waals surface area contributed by atoms with Gasteiger partial charge in [0.1, 0.15) is 0 Å². The fourth-order valence-corrected chi connectivity index (χ4v) is 0.793. The molecule has 0 bridgehead atoms. The Labute approximate surface area is 53.8 Å². The lowest BCUT2D eigenvalue weighted by molar-refractivity contribution is 0.539. The molecule has 0 aromatic carbocycles. The summed E-state index contributed by atoms with van der Waals surface area (Å²) in [6.07, 6.45) is 4.44. The minimum Gasteiger partial charge on any atom is -0.321 e. The van der Waals surface area contributed by atoms with E-state index in [0.29, 0.717) is 0 Å². The van der Waals surface area contributed by atoms with Crippen LogP contribution in [0, 0.1) is 0 Å². The molecule has 0 unspecified atom stereocenters. The summed E-state index contributed by atoms with van der Waals surface area (Å²) in [4.78, 5) is 9.75. The fraction of sp³-hybridized carbons (Fsp3) is 0.800. The summed E-state index contributed by atoms with van der Waals surface area (Å²) in [6, 6.07) is -0.373. The summed E-state index contributed by atoms with van der Waals surface area (Å²) in [5, 5.41) is 0. The molecule has 0 saturated heterocycles. The van der Waals surface area contributed by atoms with E-state index in [9.17, 15) is 4.79 Å². The number of hydrogen-bond donors (Lipinski definition) is 1. The second-order valence-electron chi connectivity index (χ2n) is 1.51. The Morgan fingerprint density at radius 3 is 2.88 bits per heavy atom. The minimum absolute atomic E-state index is 0.373. The predicted octanol–water partition coefficient (Wildman–Crippen LogP) is 0.176. The zero-order chi connectivity index (χ0) is 6.41. The monoisotopic (exact) mass is 132 g/mol. The smallest absolute Gasteiger partial charge is 0.216 e. The highest BCUT2D eigenvalue weighted by atomic mass is 32.2. The molecule has 8 heavy (non-hydrogen) atoms. The normalized spacial score (nSPS) is 13.2. The molecule has 1 radical (unpaired) electrons. The predicted molar refractivity (Wildman–Crippen MR) is 36.7 cm³/mol. The summed E-state index contributed by atoms with van der Waals surface area (Å²) >= 11 is 1.69. The Hall–Kier alpha value is -0.0200. The van der Waals surface area contributed by atoms with Crippen LogP contribution in [0.3, 0.4) is 0 Å². The third kappa shape index (κ3) is 4.15. The van der Waals surface area contributed by atoms with Gasteiger partial charge in [-0.15, -0.1) is 0 Å². The van der Waals surface area contributed by atoms with Gasteiger partial charge in [0.25, 0.3) is 0 Å². The Morgan fingerprint density at radius 1 is 1.88 bits per heavy atom. The third-order valence-corrected chi connectivity index (χ3v) is 1.43. The molecule has 2 nitrogen and oxygen atoms in total. The molecule has 2 N–H and O–H groups in total. The van der Waals surface area contributed by atoms with E-state index in [1.54, 1.807) is 18.0 Å². The SMILES string of the molecule is CSCC[C@H](N)[C]=O. The second kappa shape index (κ2) is 5.12. The lowest BCUT2D eigenvalue weighted by Crippen LogP contribution is -2.21. The van der Waals surface area contributed by atoms with Crippen molar-refractivity contribution >= 4 is 18.0 Å². The highest BCUT2D eigenvalue weighted by Gasteiger charge is 1.97. The molecule has 0 aliphatic heterocycles. The van der Waals surface area contributed by atoms with Crippen LogP contribution in [0.15, 0.2) is 0 Å². The Bertz CT molecular complexity index is 67.4. The Balaban J connectivity index is 2.98. The van der Waals surface area contributed by atoms with Gasteiger partial charge in [-0.2, -0.15) is 11.8 Å². The molecule has 3 heteroatoms. The first-order valence-corrected chi connectivity index (χ1v) is 3.83. The topological polar surface area (TPSA) is 43.1 Å². The van der Waals surface area contributed by atoms with E-state index in [4.69, 9.17) is 5.73 Å². The van der Waals surface area contributed by atoms with Crippen LogP contribution >= 0.6 is 11.8 Å². The molecular formula is C5H10NOS. The van der Waals surface area contributed by atoms with E-state index in [0.717, 1.165) is 12.2 Å². The molecule has 0 heterocycles.